The maximum absolute atomic E-state index is 12.2. The number of nitrogens with zero attached hydrogens (tertiary/aromatic N) is 1. The summed E-state index contributed by atoms with van der Waals surface area (Å²) in [5, 5.41) is 8.66. The van der Waals surface area contributed by atoms with Crippen LogP contribution in [0.2, 0.25) is 0 Å². The number of hydrogen-bond acceptors (Lipinski definition) is 4. The number of rotatable bonds is 7. The zero-order valence-corrected chi connectivity index (χ0v) is 16.8. The van der Waals surface area contributed by atoms with Crippen LogP contribution in [0.25, 0.3) is 0 Å². The van der Waals surface area contributed by atoms with E-state index in [0.29, 0.717) is 12.5 Å². The van der Waals surface area contributed by atoms with Gasteiger partial charge in [0.2, 0.25) is 15.9 Å². The van der Waals surface area contributed by atoms with E-state index in [9.17, 15) is 13.2 Å². The predicted molar refractivity (Wildman–Crippen MR) is 104 cm³/mol. The van der Waals surface area contributed by atoms with Crippen LogP contribution in [0.15, 0.2) is 34.2 Å². The van der Waals surface area contributed by atoms with E-state index >= 15 is 0 Å². The first kappa shape index (κ1) is 21.9. The molecule has 0 atom stereocenters. The molecule has 0 fully saturated rings. The number of aryl methyl sites for hydroxylation is 1. The molecule has 1 aromatic carbocycles. The smallest absolute Gasteiger partial charge is 0.240 e. The summed E-state index contributed by atoms with van der Waals surface area (Å²) in [6.45, 7) is 8.19. The van der Waals surface area contributed by atoms with Crippen molar-refractivity contribution < 1.29 is 13.2 Å². The SMILES string of the molecule is CN=C(NCCNS(=O)(=O)c1ccc(C)cc1)NCC(=O)NC(C)(C)C. The van der Waals surface area contributed by atoms with Crippen molar-refractivity contribution >= 4 is 21.9 Å². The summed E-state index contributed by atoms with van der Waals surface area (Å²) in [7, 11) is -1.97. The minimum Gasteiger partial charge on any atom is -0.355 e. The first-order valence-corrected chi connectivity index (χ1v) is 9.84. The molecule has 1 aromatic rings. The largest absolute Gasteiger partial charge is 0.355 e. The molecule has 0 saturated carbocycles. The Balaban J connectivity index is 2.39. The Bertz CT molecular complexity index is 722. The Kier molecular flexibility index (Phi) is 8.04. The second-order valence-electron chi connectivity index (χ2n) is 6.86. The zero-order chi connectivity index (χ0) is 19.8. The van der Waals surface area contributed by atoms with E-state index < -0.39 is 10.0 Å². The van der Waals surface area contributed by atoms with E-state index in [1.165, 1.54) is 0 Å². The lowest BCUT2D eigenvalue weighted by Gasteiger charge is -2.21. The molecule has 146 valence electrons. The van der Waals surface area contributed by atoms with E-state index in [-0.39, 0.29) is 29.4 Å². The van der Waals surface area contributed by atoms with Crippen molar-refractivity contribution in [3.8, 4) is 0 Å². The number of hydrogen-bond donors (Lipinski definition) is 4. The van der Waals surface area contributed by atoms with Crippen LogP contribution in [0, 0.1) is 6.92 Å². The van der Waals surface area contributed by atoms with E-state index in [0.717, 1.165) is 5.56 Å². The molecule has 26 heavy (non-hydrogen) atoms. The Morgan fingerprint density at radius 3 is 2.23 bits per heavy atom. The molecule has 0 aliphatic rings. The molecule has 0 saturated heterocycles. The Hall–Kier alpha value is -2.13. The van der Waals surface area contributed by atoms with Crippen LogP contribution in [0.5, 0.6) is 0 Å². The molecular weight excluding hydrogens is 354 g/mol. The standard InChI is InChI=1S/C17H29N5O3S/c1-13-6-8-14(9-7-13)26(24,25)21-11-10-19-16(18-5)20-12-15(23)22-17(2,3)4/h6-9,21H,10-12H2,1-5H3,(H,22,23)(H2,18,19,20). The van der Waals surface area contributed by atoms with Crippen molar-refractivity contribution in [2.75, 3.05) is 26.7 Å². The number of amides is 1. The van der Waals surface area contributed by atoms with E-state index in [2.05, 4.69) is 25.7 Å². The highest BCUT2D eigenvalue weighted by molar-refractivity contribution is 7.89. The van der Waals surface area contributed by atoms with Gasteiger partial charge in [-0.3, -0.25) is 9.79 Å². The summed E-state index contributed by atoms with van der Waals surface area (Å²) in [4.78, 5) is 16.0. The molecule has 0 spiro atoms. The normalized spacial score (nSPS) is 12.6. The third kappa shape index (κ3) is 8.30. The molecular formula is C17H29N5O3S. The van der Waals surface area contributed by atoms with Gasteiger partial charge < -0.3 is 16.0 Å². The average molecular weight is 384 g/mol. The van der Waals surface area contributed by atoms with Crippen molar-refractivity contribution in [2.24, 2.45) is 4.99 Å². The van der Waals surface area contributed by atoms with Gasteiger partial charge in [-0.05, 0) is 39.8 Å². The topological polar surface area (TPSA) is 112 Å². The van der Waals surface area contributed by atoms with Crippen molar-refractivity contribution in [3.05, 3.63) is 29.8 Å². The number of sulfonamides is 1. The second kappa shape index (κ2) is 9.54. The van der Waals surface area contributed by atoms with Crippen LogP contribution in [0.3, 0.4) is 0 Å². The Morgan fingerprint density at radius 1 is 1.08 bits per heavy atom. The van der Waals surface area contributed by atoms with Crippen LogP contribution in [0.1, 0.15) is 26.3 Å². The van der Waals surface area contributed by atoms with Gasteiger partial charge >= 0.3 is 0 Å². The summed E-state index contributed by atoms with van der Waals surface area (Å²) < 4.78 is 26.9. The summed E-state index contributed by atoms with van der Waals surface area (Å²) in [5.74, 6) is 0.268. The number of nitrogens with one attached hydrogen (secondary N) is 4. The molecule has 0 unspecified atom stereocenters. The number of carbonyl (C=O) groups excluding carboxylic acids is 1. The third-order valence-corrected chi connectivity index (χ3v) is 4.67. The molecule has 0 aromatic heterocycles. The molecule has 1 amide bonds. The van der Waals surface area contributed by atoms with Crippen LogP contribution in [0.4, 0.5) is 0 Å². The maximum Gasteiger partial charge on any atom is 0.240 e. The van der Waals surface area contributed by atoms with Gasteiger partial charge in [-0.1, -0.05) is 17.7 Å². The maximum atomic E-state index is 12.2. The van der Waals surface area contributed by atoms with E-state index in [1.54, 1.807) is 31.3 Å². The number of carbonyl (C=O) groups is 1. The Labute approximate surface area is 155 Å². The van der Waals surface area contributed by atoms with Crippen LogP contribution in [-0.2, 0) is 14.8 Å². The highest BCUT2D eigenvalue weighted by atomic mass is 32.2. The van der Waals surface area contributed by atoms with Gasteiger partial charge in [0, 0.05) is 25.7 Å². The second-order valence-corrected chi connectivity index (χ2v) is 8.63. The minimum atomic E-state index is -3.54. The molecule has 9 heteroatoms. The summed E-state index contributed by atoms with van der Waals surface area (Å²) in [6, 6.07) is 6.64. The number of benzene rings is 1. The highest BCUT2D eigenvalue weighted by Gasteiger charge is 2.14. The molecule has 1 rings (SSSR count). The van der Waals surface area contributed by atoms with Crippen molar-refractivity contribution in [1.82, 2.24) is 20.7 Å². The fourth-order valence-electron chi connectivity index (χ4n) is 2.01. The molecule has 0 heterocycles. The van der Waals surface area contributed by atoms with Gasteiger partial charge in [-0.25, -0.2) is 13.1 Å². The van der Waals surface area contributed by atoms with Gasteiger partial charge in [-0.2, -0.15) is 0 Å². The van der Waals surface area contributed by atoms with Crippen LogP contribution in [-0.4, -0.2) is 52.5 Å². The van der Waals surface area contributed by atoms with Gasteiger partial charge in [0.15, 0.2) is 5.96 Å². The van der Waals surface area contributed by atoms with Crippen molar-refractivity contribution in [3.63, 3.8) is 0 Å². The van der Waals surface area contributed by atoms with Gasteiger partial charge in [0.25, 0.3) is 0 Å². The van der Waals surface area contributed by atoms with Crippen molar-refractivity contribution in [2.45, 2.75) is 38.1 Å². The molecule has 0 bridgehead atoms. The highest BCUT2D eigenvalue weighted by Crippen LogP contribution is 2.09. The predicted octanol–water partition coefficient (Wildman–Crippen LogP) is 0.353. The summed E-state index contributed by atoms with van der Waals surface area (Å²) >= 11 is 0. The molecule has 4 N–H and O–H groups in total. The van der Waals surface area contributed by atoms with E-state index in [4.69, 9.17) is 0 Å². The monoisotopic (exact) mass is 383 g/mol. The first-order valence-electron chi connectivity index (χ1n) is 8.35. The van der Waals surface area contributed by atoms with Gasteiger partial charge in [0.1, 0.15) is 0 Å². The quantitative estimate of drug-likeness (QED) is 0.308. The fourth-order valence-corrected chi connectivity index (χ4v) is 3.05. The van der Waals surface area contributed by atoms with Gasteiger partial charge in [-0.15, -0.1) is 0 Å². The number of aliphatic imine (C=N–C) groups is 1. The molecule has 0 aliphatic carbocycles. The molecule has 0 radical (unpaired) electrons. The summed E-state index contributed by atoms with van der Waals surface area (Å²) in [5.41, 5.74) is 0.695. The Morgan fingerprint density at radius 2 is 1.69 bits per heavy atom. The van der Waals surface area contributed by atoms with Crippen LogP contribution >= 0.6 is 0 Å². The van der Waals surface area contributed by atoms with Crippen molar-refractivity contribution in [1.29, 1.82) is 0 Å². The molecule has 0 aliphatic heterocycles. The van der Waals surface area contributed by atoms with Gasteiger partial charge in [0.05, 0.1) is 11.4 Å². The fraction of sp³-hybridized carbons (Fsp3) is 0.529. The molecule has 8 nitrogen and oxygen atoms in total. The summed E-state index contributed by atoms with van der Waals surface area (Å²) in [6.07, 6.45) is 0. The zero-order valence-electron chi connectivity index (χ0n) is 16.0. The average Bonchev–Trinajstić information content (AvgIpc) is 2.53. The van der Waals surface area contributed by atoms with Crippen LogP contribution < -0.4 is 20.7 Å². The third-order valence-electron chi connectivity index (χ3n) is 3.20. The lowest BCUT2D eigenvalue weighted by atomic mass is 10.1. The number of guanidine groups is 1. The van der Waals surface area contributed by atoms with E-state index in [1.807, 2.05) is 27.7 Å². The minimum absolute atomic E-state index is 0.0754. The lowest BCUT2D eigenvalue weighted by molar-refractivity contribution is -0.121. The first-order chi connectivity index (χ1) is 12.0. The lowest BCUT2D eigenvalue weighted by Crippen LogP contribution is -2.48.